The summed E-state index contributed by atoms with van der Waals surface area (Å²) in [5, 5.41) is 3.63. The van der Waals surface area contributed by atoms with Gasteiger partial charge in [-0.3, -0.25) is 0 Å². The normalized spacial score (nSPS) is 22.1. The van der Waals surface area contributed by atoms with Crippen molar-refractivity contribution in [2.45, 2.75) is 44.9 Å². The zero-order chi connectivity index (χ0) is 11.2. The molecule has 0 saturated carbocycles. The van der Waals surface area contributed by atoms with Crippen molar-refractivity contribution in [1.82, 2.24) is 0 Å². The minimum atomic E-state index is 0.220. The van der Waals surface area contributed by atoms with Gasteiger partial charge >= 0.3 is 0 Å². The molecule has 1 heterocycles. The molecule has 0 atom stereocenters. The fourth-order valence-corrected chi connectivity index (χ4v) is 3.20. The van der Waals surface area contributed by atoms with E-state index in [9.17, 15) is 0 Å². The molecular formula is C15H19N. The smallest absolute Gasteiger partial charge is 0.0423 e. The Balaban J connectivity index is 2.16. The van der Waals surface area contributed by atoms with E-state index in [2.05, 4.69) is 43.4 Å². The maximum Gasteiger partial charge on any atom is 0.0423 e. The lowest BCUT2D eigenvalue weighted by Crippen LogP contribution is -2.30. The number of allylic oxidation sites excluding steroid dienone is 2. The first-order chi connectivity index (χ1) is 7.69. The van der Waals surface area contributed by atoms with Crippen LogP contribution in [0.5, 0.6) is 0 Å². The average molecular weight is 213 g/mol. The zero-order valence-corrected chi connectivity index (χ0v) is 10.1. The van der Waals surface area contributed by atoms with Gasteiger partial charge in [0.1, 0.15) is 0 Å². The molecule has 16 heavy (non-hydrogen) atoms. The van der Waals surface area contributed by atoms with Gasteiger partial charge in [-0.05, 0) is 42.9 Å². The van der Waals surface area contributed by atoms with Gasteiger partial charge in [-0.15, -0.1) is 0 Å². The topological polar surface area (TPSA) is 12.0 Å². The van der Waals surface area contributed by atoms with Crippen LogP contribution in [-0.4, -0.2) is 0 Å². The molecule has 0 amide bonds. The lowest BCUT2D eigenvalue weighted by Gasteiger charge is -2.40. The minimum absolute atomic E-state index is 0.220. The van der Waals surface area contributed by atoms with Gasteiger partial charge in [0.25, 0.3) is 0 Å². The molecule has 1 aromatic rings. The van der Waals surface area contributed by atoms with Crippen molar-refractivity contribution in [3.63, 3.8) is 0 Å². The first-order valence-electron chi connectivity index (χ1n) is 6.28. The lowest BCUT2D eigenvalue weighted by molar-refractivity contribution is 0.527. The second-order valence-electron chi connectivity index (χ2n) is 5.46. The Morgan fingerprint density at radius 3 is 2.69 bits per heavy atom. The Bertz CT molecular complexity index is 454. The SMILES string of the molecule is CC1(C)C2=C(CCCC2)Nc2ccccc21. The van der Waals surface area contributed by atoms with Crippen LogP contribution in [0.1, 0.15) is 45.1 Å². The quantitative estimate of drug-likeness (QED) is 0.680. The van der Waals surface area contributed by atoms with Gasteiger partial charge in [0.15, 0.2) is 0 Å². The third-order valence-electron chi connectivity index (χ3n) is 4.11. The molecule has 1 aliphatic heterocycles. The summed E-state index contributed by atoms with van der Waals surface area (Å²) >= 11 is 0. The Hall–Kier alpha value is -1.24. The summed E-state index contributed by atoms with van der Waals surface area (Å²) < 4.78 is 0. The fraction of sp³-hybridized carbons (Fsp3) is 0.467. The van der Waals surface area contributed by atoms with Crippen molar-refractivity contribution in [2.24, 2.45) is 0 Å². The monoisotopic (exact) mass is 213 g/mol. The summed E-state index contributed by atoms with van der Waals surface area (Å²) in [4.78, 5) is 0. The summed E-state index contributed by atoms with van der Waals surface area (Å²) in [6.45, 7) is 4.74. The highest BCUT2D eigenvalue weighted by Crippen LogP contribution is 2.46. The molecule has 0 unspecified atom stereocenters. The Labute approximate surface area is 97.6 Å². The highest BCUT2D eigenvalue weighted by molar-refractivity contribution is 5.65. The van der Waals surface area contributed by atoms with Gasteiger partial charge in [-0.2, -0.15) is 0 Å². The van der Waals surface area contributed by atoms with Gasteiger partial charge in [0, 0.05) is 16.8 Å². The third kappa shape index (κ3) is 1.31. The number of fused-ring (bicyclic) bond motifs is 1. The highest BCUT2D eigenvalue weighted by atomic mass is 14.9. The molecule has 1 heteroatoms. The number of anilines is 1. The predicted molar refractivity (Wildman–Crippen MR) is 68.6 cm³/mol. The standard InChI is InChI=1S/C15H19N/c1-15(2)11-7-3-5-9-13(11)16-14-10-6-4-8-12(14)15/h3,5,7,9,16H,4,6,8,10H2,1-2H3. The van der Waals surface area contributed by atoms with E-state index in [1.165, 1.54) is 42.6 Å². The van der Waals surface area contributed by atoms with E-state index in [4.69, 9.17) is 0 Å². The molecule has 3 rings (SSSR count). The van der Waals surface area contributed by atoms with Crippen LogP contribution in [0.15, 0.2) is 35.5 Å². The summed E-state index contributed by atoms with van der Waals surface area (Å²) in [5.41, 5.74) is 6.12. The molecule has 0 radical (unpaired) electrons. The summed E-state index contributed by atoms with van der Waals surface area (Å²) in [6, 6.07) is 8.74. The number of rotatable bonds is 0. The summed E-state index contributed by atoms with van der Waals surface area (Å²) in [5.74, 6) is 0. The van der Waals surface area contributed by atoms with Gasteiger partial charge in [-0.25, -0.2) is 0 Å². The molecule has 0 bridgehead atoms. The average Bonchev–Trinajstić information content (AvgIpc) is 2.29. The molecule has 2 aliphatic rings. The molecular weight excluding hydrogens is 194 g/mol. The van der Waals surface area contributed by atoms with Crippen LogP contribution in [0.3, 0.4) is 0 Å². The number of hydrogen-bond acceptors (Lipinski definition) is 1. The Morgan fingerprint density at radius 1 is 1.06 bits per heavy atom. The fourth-order valence-electron chi connectivity index (χ4n) is 3.20. The van der Waals surface area contributed by atoms with Crippen molar-refractivity contribution >= 4 is 5.69 Å². The van der Waals surface area contributed by atoms with Crippen LogP contribution < -0.4 is 5.32 Å². The van der Waals surface area contributed by atoms with E-state index in [-0.39, 0.29) is 5.41 Å². The van der Waals surface area contributed by atoms with Crippen molar-refractivity contribution in [1.29, 1.82) is 0 Å². The molecule has 1 aliphatic carbocycles. The van der Waals surface area contributed by atoms with Crippen LogP contribution in [0.2, 0.25) is 0 Å². The lowest BCUT2D eigenvalue weighted by atomic mass is 9.70. The molecule has 0 saturated heterocycles. The van der Waals surface area contributed by atoms with E-state index < -0.39 is 0 Å². The number of nitrogens with one attached hydrogen (secondary N) is 1. The van der Waals surface area contributed by atoms with E-state index in [1.54, 1.807) is 5.57 Å². The Morgan fingerprint density at radius 2 is 1.81 bits per heavy atom. The minimum Gasteiger partial charge on any atom is -0.359 e. The van der Waals surface area contributed by atoms with Gasteiger partial charge in [0.2, 0.25) is 0 Å². The van der Waals surface area contributed by atoms with Crippen molar-refractivity contribution < 1.29 is 0 Å². The first-order valence-corrected chi connectivity index (χ1v) is 6.28. The third-order valence-corrected chi connectivity index (χ3v) is 4.11. The first kappa shape index (κ1) is 9.95. The van der Waals surface area contributed by atoms with Crippen molar-refractivity contribution in [2.75, 3.05) is 5.32 Å². The molecule has 1 N–H and O–H groups in total. The summed E-state index contributed by atoms with van der Waals surface area (Å²) in [6.07, 6.45) is 5.19. The second-order valence-corrected chi connectivity index (χ2v) is 5.46. The second kappa shape index (κ2) is 3.38. The predicted octanol–water partition coefficient (Wildman–Crippen LogP) is 4.22. The molecule has 84 valence electrons. The Kier molecular flexibility index (Phi) is 2.10. The van der Waals surface area contributed by atoms with Gasteiger partial charge < -0.3 is 5.32 Å². The van der Waals surface area contributed by atoms with E-state index in [0.717, 1.165) is 0 Å². The molecule has 1 nitrogen and oxygen atoms in total. The van der Waals surface area contributed by atoms with Crippen LogP contribution in [0.25, 0.3) is 0 Å². The molecule has 1 aromatic carbocycles. The molecule has 0 aromatic heterocycles. The van der Waals surface area contributed by atoms with Crippen molar-refractivity contribution in [3.8, 4) is 0 Å². The maximum absolute atomic E-state index is 3.63. The summed E-state index contributed by atoms with van der Waals surface area (Å²) in [7, 11) is 0. The molecule has 0 fully saturated rings. The van der Waals surface area contributed by atoms with E-state index >= 15 is 0 Å². The number of hydrogen-bond donors (Lipinski definition) is 1. The zero-order valence-electron chi connectivity index (χ0n) is 10.1. The number of benzene rings is 1. The van der Waals surface area contributed by atoms with Crippen LogP contribution in [0, 0.1) is 0 Å². The van der Waals surface area contributed by atoms with Gasteiger partial charge in [0.05, 0.1) is 0 Å². The van der Waals surface area contributed by atoms with E-state index in [1.807, 2.05) is 0 Å². The maximum atomic E-state index is 3.63. The van der Waals surface area contributed by atoms with Crippen molar-refractivity contribution in [3.05, 3.63) is 41.1 Å². The van der Waals surface area contributed by atoms with Crippen LogP contribution >= 0.6 is 0 Å². The van der Waals surface area contributed by atoms with Crippen LogP contribution in [-0.2, 0) is 5.41 Å². The van der Waals surface area contributed by atoms with E-state index in [0.29, 0.717) is 0 Å². The van der Waals surface area contributed by atoms with Gasteiger partial charge in [-0.1, -0.05) is 32.0 Å². The van der Waals surface area contributed by atoms with Crippen LogP contribution in [0.4, 0.5) is 5.69 Å². The molecule has 0 spiro atoms. The largest absolute Gasteiger partial charge is 0.359 e. The number of para-hydroxylation sites is 1. The highest BCUT2D eigenvalue weighted by Gasteiger charge is 2.34.